The lowest BCUT2D eigenvalue weighted by Crippen LogP contribution is -2.33. The molecule has 1 atom stereocenters. The van der Waals surface area contributed by atoms with Gasteiger partial charge in [-0.1, -0.05) is 75.0 Å². The molecule has 3 N–H and O–H groups in total. The summed E-state index contributed by atoms with van der Waals surface area (Å²) in [4.78, 5) is 69.8. The molecule has 0 radical (unpaired) electrons. The Balaban J connectivity index is 1.42. The number of aromatic nitrogens is 1. The average molecular weight is 731 g/mol. The largest absolute Gasteiger partial charge is 0.425 e. The van der Waals surface area contributed by atoms with E-state index in [0.29, 0.717) is 40.5 Å². The van der Waals surface area contributed by atoms with Crippen LogP contribution < -0.4 is 15.4 Å². The second-order valence-electron chi connectivity index (χ2n) is 13.3. The number of esters is 2. The number of benzene rings is 3. The molecule has 0 spiro atoms. The third kappa shape index (κ3) is 10.1. The van der Waals surface area contributed by atoms with Crippen LogP contribution in [-0.2, 0) is 20.7 Å². The summed E-state index contributed by atoms with van der Waals surface area (Å²) in [5.74, 6) is -2.17. The number of amides is 2. The number of carbonyl (C=O) groups is 5. The van der Waals surface area contributed by atoms with E-state index in [1.807, 2.05) is 6.92 Å². The Labute approximate surface area is 313 Å². The molecule has 278 valence electrons. The van der Waals surface area contributed by atoms with Crippen molar-refractivity contribution in [2.45, 2.75) is 53.2 Å². The number of Topliss-reactive ketones (excluding diaryl/α,β-unsaturated/α-hetero) is 1. The Morgan fingerprint density at radius 3 is 2.28 bits per heavy atom. The van der Waals surface area contributed by atoms with Crippen LogP contribution in [0.3, 0.4) is 0 Å². The van der Waals surface area contributed by atoms with Gasteiger partial charge < -0.3 is 19.5 Å². The van der Waals surface area contributed by atoms with Crippen molar-refractivity contribution in [3.05, 3.63) is 125 Å². The maximum absolute atomic E-state index is 14.1. The van der Waals surface area contributed by atoms with E-state index in [0.717, 1.165) is 18.4 Å². The summed E-state index contributed by atoms with van der Waals surface area (Å²) >= 11 is 0. The Bertz CT molecular complexity index is 2090. The monoisotopic (exact) mass is 730 g/mol. The number of rotatable bonds is 14. The van der Waals surface area contributed by atoms with Gasteiger partial charge in [-0.05, 0) is 78.3 Å². The van der Waals surface area contributed by atoms with Crippen LogP contribution >= 0.6 is 0 Å². The number of ketones is 1. The fourth-order valence-electron chi connectivity index (χ4n) is 5.40. The molecule has 1 unspecified atom stereocenters. The van der Waals surface area contributed by atoms with Crippen molar-refractivity contribution in [1.29, 1.82) is 5.41 Å². The molecule has 1 aliphatic rings. The molecule has 0 aliphatic heterocycles. The van der Waals surface area contributed by atoms with Crippen LogP contribution in [0.15, 0.2) is 85.4 Å². The molecule has 12 heteroatoms. The van der Waals surface area contributed by atoms with Crippen molar-refractivity contribution < 1.29 is 38.2 Å². The quantitative estimate of drug-likeness (QED) is 0.0403. The zero-order valence-corrected chi connectivity index (χ0v) is 30.6. The molecule has 5 rings (SSSR count). The molecule has 1 fully saturated rings. The minimum atomic E-state index is -1.26. The molecule has 4 aromatic rings. The predicted octanol–water partition coefficient (Wildman–Crippen LogP) is 7.08. The zero-order chi connectivity index (χ0) is 38.9. The van der Waals surface area contributed by atoms with Crippen molar-refractivity contribution in [3.63, 3.8) is 0 Å². The molecule has 3 aromatic carbocycles. The van der Waals surface area contributed by atoms with Crippen molar-refractivity contribution in [3.8, 4) is 16.9 Å². The first-order valence-electron chi connectivity index (χ1n) is 17.6. The highest BCUT2D eigenvalue weighted by atomic mass is 16.7. The number of hydrogen-bond donors (Lipinski definition) is 3. The van der Waals surface area contributed by atoms with Gasteiger partial charge in [0.15, 0.2) is 11.5 Å². The Kier molecular flexibility index (Phi) is 12.5. The average Bonchev–Trinajstić information content (AvgIpc) is 3.98. The summed E-state index contributed by atoms with van der Waals surface area (Å²) < 4.78 is 15.9. The maximum Gasteiger partial charge on any atom is 0.418 e. The molecule has 1 heterocycles. The van der Waals surface area contributed by atoms with Gasteiger partial charge in [-0.2, -0.15) is 0 Å². The van der Waals surface area contributed by atoms with Gasteiger partial charge in [-0.3, -0.25) is 25.1 Å². The number of nitrogens with one attached hydrogen (secondary N) is 3. The highest BCUT2D eigenvalue weighted by Gasteiger charge is 2.27. The number of amidine groups is 1. The van der Waals surface area contributed by atoms with Crippen molar-refractivity contribution in [2.75, 3.05) is 6.54 Å². The van der Waals surface area contributed by atoms with E-state index in [1.54, 1.807) is 92.7 Å². The lowest BCUT2D eigenvalue weighted by molar-refractivity contribution is -0.169. The maximum atomic E-state index is 14.1. The third-order valence-corrected chi connectivity index (χ3v) is 8.60. The van der Waals surface area contributed by atoms with Crippen molar-refractivity contribution in [2.24, 2.45) is 11.8 Å². The highest BCUT2D eigenvalue weighted by molar-refractivity contribution is 6.08. The summed E-state index contributed by atoms with van der Waals surface area (Å²) in [6.07, 6.45) is 1.56. The van der Waals surface area contributed by atoms with E-state index in [2.05, 4.69) is 22.2 Å². The molecule has 1 saturated carbocycles. The van der Waals surface area contributed by atoms with Gasteiger partial charge in [-0.15, -0.1) is 0 Å². The van der Waals surface area contributed by atoms with Gasteiger partial charge in [0.05, 0.1) is 5.92 Å². The number of carbonyl (C=O) groups excluding carboxylic acids is 5. The molecular weight excluding hydrogens is 688 g/mol. The summed E-state index contributed by atoms with van der Waals surface area (Å²) in [5.41, 5.74) is 3.10. The van der Waals surface area contributed by atoms with Crippen LogP contribution in [-0.4, -0.2) is 53.4 Å². The summed E-state index contributed by atoms with van der Waals surface area (Å²) in [6, 6.07) is 21.5. The van der Waals surface area contributed by atoms with Gasteiger partial charge in [0.2, 0.25) is 6.29 Å². The molecule has 54 heavy (non-hydrogen) atoms. The topological polar surface area (TPSA) is 174 Å². The molecule has 0 saturated heterocycles. The lowest BCUT2D eigenvalue weighted by Gasteiger charge is -2.18. The number of ether oxygens (including phenoxy) is 3. The first kappa shape index (κ1) is 38.8. The van der Waals surface area contributed by atoms with Gasteiger partial charge in [0.1, 0.15) is 17.3 Å². The molecular formula is C42H42N4O8. The summed E-state index contributed by atoms with van der Waals surface area (Å²) in [6.45, 7) is 10.9. The van der Waals surface area contributed by atoms with Crippen LogP contribution in [0.2, 0.25) is 0 Å². The second kappa shape index (κ2) is 17.4. The lowest BCUT2D eigenvalue weighted by atomic mass is 9.89. The van der Waals surface area contributed by atoms with E-state index >= 15 is 0 Å². The number of pyridine rings is 1. The number of aryl methyl sites for hydroxylation is 1. The number of nitrogens with zero attached hydrogens (tertiary/aromatic N) is 1. The summed E-state index contributed by atoms with van der Waals surface area (Å²) in [7, 11) is 0. The van der Waals surface area contributed by atoms with Gasteiger partial charge in [-0.25, -0.2) is 14.6 Å². The van der Waals surface area contributed by atoms with Crippen molar-refractivity contribution in [1.82, 2.24) is 15.6 Å². The fraction of sp³-hybridized carbons (Fsp3) is 0.262. The van der Waals surface area contributed by atoms with E-state index in [-0.39, 0.29) is 40.6 Å². The summed E-state index contributed by atoms with van der Waals surface area (Å²) in [5, 5.41) is 13.6. The zero-order valence-electron chi connectivity index (χ0n) is 30.6. The smallest absolute Gasteiger partial charge is 0.418 e. The number of hydrogen-bond acceptors (Lipinski definition) is 10. The van der Waals surface area contributed by atoms with E-state index in [9.17, 15) is 24.0 Å². The van der Waals surface area contributed by atoms with Gasteiger partial charge in [0, 0.05) is 36.6 Å². The number of para-hydroxylation sites is 1. The van der Waals surface area contributed by atoms with Crippen LogP contribution in [0.5, 0.6) is 5.75 Å². The van der Waals surface area contributed by atoms with Crippen LogP contribution in [0, 0.1) is 24.2 Å². The van der Waals surface area contributed by atoms with E-state index in [4.69, 9.17) is 19.6 Å². The Morgan fingerprint density at radius 2 is 1.63 bits per heavy atom. The van der Waals surface area contributed by atoms with Crippen LogP contribution in [0.1, 0.15) is 87.2 Å². The van der Waals surface area contributed by atoms with E-state index < -0.39 is 36.1 Å². The molecule has 1 aliphatic carbocycles. The Hall–Kier alpha value is -6.43. The first-order chi connectivity index (χ1) is 25.8. The van der Waals surface area contributed by atoms with Gasteiger partial charge in [0.25, 0.3) is 5.91 Å². The molecule has 2 amide bonds. The van der Waals surface area contributed by atoms with Crippen LogP contribution in [0.4, 0.5) is 4.79 Å². The second-order valence-corrected chi connectivity index (χ2v) is 13.3. The molecule has 1 aromatic heterocycles. The van der Waals surface area contributed by atoms with Gasteiger partial charge >= 0.3 is 18.0 Å². The minimum absolute atomic E-state index is 0.0148. The standard InChI is InChI=1S/C42H42N4O8/c1-6-29-22-34(36(47)21-27-14-16-30(17-15-27)38(43)46-42(51)54-31-10-8-7-9-11-31)33(20-25(29)4)32-18-19-35(39(48)44-23-28-12-13-28)45-37(32)41(50)53-26(5)52-40(49)24(2)3/h6-11,14-20,22,24,26,28H,1,12-13,21,23H2,2-5H3,(H,44,48)(H2,43,46,51). The predicted molar refractivity (Wildman–Crippen MR) is 202 cm³/mol. The molecule has 12 nitrogen and oxygen atoms in total. The molecule has 0 bridgehead atoms. The van der Waals surface area contributed by atoms with Crippen LogP contribution in [0.25, 0.3) is 17.2 Å². The minimum Gasteiger partial charge on any atom is -0.425 e. The van der Waals surface area contributed by atoms with Crippen molar-refractivity contribution >= 4 is 41.6 Å². The normalized spacial score (nSPS) is 12.6. The fourth-order valence-corrected chi connectivity index (χ4v) is 5.40. The van der Waals surface area contributed by atoms with E-state index in [1.165, 1.54) is 13.0 Å². The SMILES string of the molecule is C=Cc1cc(C(=O)Cc2ccc(C(=N)NC(=O)Oc3ccccc3)cc2)c(-c2ccc(C(=O)NCC3CC3)nc2C(=O)OC(C)OC(=O)C(C)C)cc1C. The Morgan fingerprint density at radius 1 is 0.926 bits per heavy atom. The third-order valence-electron chi connectivity index (χ3n) is 8.60. The first-order valence-corrected chi connectivity index (χ1v) is 17.6. The highest BCUT2D eigenvalue weighted by Crippen LogP contribution is 2.32.